The molecule has 4 aromatic rings. The summed E-state index contributed by atoms with van der Waals surface area (Å²) in [5.74, 6) is 1.86. The lowest BCUT2D eigenvalue weighted by Gasteiger charge is -2.35. The Balaban J connectivity index is 1.40. The van der Waals surface area contributed by atoms with Crippen molar-refractivity contribution in [2.75, 3.05) is 51.0 Å². The molecule has 5 rings (SSSR count). The summed E-state index contributed by atoms with van der Waals surface area (Å²) >= 11 is 0. The summed E-state index contributed by atoms with van der Waals surface area (Å²) in [5.41, 5.74) is 9.64. The van der Waals surface area contributed by atoms with Gasteiger partial charge in [-0.1, -0.05) is 12.1 Å². The van der Waals surface area contributed by atoms with Gasteiger partial charge in [-0.15, -0.1) is 0 Å². The Morgan fingerprint density at radius 3 is 2.37 bits per heavy atom. The third-order valence-corrected chi connectivity index (χ3v) is 6.08. The van der Waals surface area contributed by atoms with E-state index in [0.717, 1.165) is 43.9 Å². The minimum Gasteiger partial charge on any atom is -0.493 e. The number of nitrogen functional groups attached to an aromatic ring is 1. The summed E-state index contributed by atoms with van der Waals surface area (Å²) in [6, 6.07) is 12.2. The maximum Gasteiger partial charge on any atom is 0.224 e. The number of piperazine rings is 1. The molecule has 1 saturated heterocycles. The van der Waals surface area contributed by atoms with Gasteiger partial charge in [0.15, 0.2) is 28.5 Å². The average Bonchev–Trinajstić information content (AvgIpc) is 2.89. The van der Waals surface area contributed by atoms with Crippen molar-refractivity contribution >= 4 is 22.9 Å². The average molecular weight is 476 g/mol. The molecule has 0 unspecified atom stereocenters. The predicted octanol–water partition coefficient (Wildman–Crippen LogP) is 3.15. The van der Waals surface area contributed by atoms with Gasteiger partial charge in [-0.05, 0) is 35.9 Å². The van der Waals surface area contributed by atoms with Crippen LogP contribution in [0.3, 0.4) is 0 Å². The van der Waals surface area contributed by atoms with Crippen molar-refractivity contribution in [3.05, 3.63) is 60.0 Å². The minimum atomic E-state index is -0.222. The summed E-state index contributed by atoms with van der Waals surface area (Å²) in [7, 11) is 3.19. The highest BCUT2D eigenvalue weighted by molar-refractivity contribution is 5.86. The summed E-state index contributed by atoms with van der Waals surface area (Å²) < 4.78 is 24.0. The number of halogens is 1. The third kappa shape index (κ3) is 4.78. The first-order chi connectivity index (χ1) is 17.0. The molecule has 0 atom stereocenters. The lowest BCUT2D eigenvalue weighted by atomic mass is 10.1. The first-order valence-corrected chi connectivity index (χ1v) is 11.3. The van der Waals surface area contributed by atoms with Crippen molar-refractivity contribution in [1.29, 1.82) is 0 Å². The number of fused-ring (bicyclic) bond motifs is 1. The fraction of sp³-hybridized carbons (Fsp3) is 0.280. The first-order valence-electron chi connectivity index (χ1n) is 11.3. The van der Waals surface area contributed by atoms with Crippen molar-refractivity contribution in [3.63, 3.8) is 0 Å². The molecule has 0 saturated carbocycles. The topological polar surface area (TPSA) is 103 Å². The molecule has 1 fully saturated rings. The number of anilines is 2. The zero-order chi connectivity index (χ0) is 24.4. The van der Waals surface area contributed by atoms with Crippen LogP contribution in [0.15, 0.2) is 48.7 Å². The molecule has 10 heteroatoms. The number of rotatable bonds is 6. The van der Waals surface area contributed by atoms with Gasteiger partial charge in [0.25, 0.3) is 0 Å². The summed E-state index contributed by atoms with van der Waals surface area (Å²) in [6.07, 6.45) is 1.67. The molecule has 0 aliphatic carbocycles. The summed E-state index contributed by atoms with van der Waals surface area (Å²) in [4.78, 5) is 22.7. The van der Waals surface area contributed by atoms with Gasteiger partial charge >= 0.3 is 0 Å². The molecular formula is C25H26FN7O2. The molecule has 0 spiro atoms. The standard InChI is InChI=1S/C25H26FN7O2/c1-34-20-8-5-17(13-21(20)35-2)19-14-28-23-22(29-19)24(31-25(27)30-23)33-11-9-32(10-12-33)15-16-3-6-18(26)7-4-16/h3-8,13-14H,9-12,15H2,1-2H3,(H2,27,28,30,31). The van der Waals surface area contributed by atoms with Gasteiger partial charge in [0.1, 0.15) is 5.82 Å². The fourth-order valence-corrected chi connectivity index (χ4v) is 4.23. The molecular weight excluding hydrogens is 449 g/mol. The van der Waals surface area contributed by atoms with Crippen LogP contribution >= 0.6 is 0 Å². The van der Waals surface area contributed by atoms with E-state index in [1.54, 1.807) is 20.4 Å². The summed E-state index contributed by atoms with van der Waals surface area (Å²) in [6.45, 7) is 3.91. The number of methoxy groups -OCH3 is 2. The van der Waals surface area contributed by atoms with Gasteiger partial charge in [-0.3, -0.25) is 4.90 Å². The molecule has 35 heavy (non-hydrogen) atoms. The van der Waals surface area contributed by atoms with E-state index in [0.29, 0.717) is 34.2 Å². The zero-order valence-corrected chi connectivity index (χ0v) is 19.6. The second-order valence-corrected chi connectivity index (χ2v) is 8.29. The Hall–Kier alpha value is -4.05. The Bertz CT molecular complexity index is 1340. The first kappa shape index (κ1) is 22.7. The number of hydrogen-bond donors (Lipinski definition) is 1. The van der Waals surface area contributed by atoms with Crippen LogP contribution in [-0.4, -0.2) is 65.2 Å². The number of nitrogens with two attached hydrogens (primary N) is 1. The smallest absolute Gasteiger partial charge is 0.224 e. The van der Waals surface area contributed by atoms with E-state index < -0.39 is 0 Å². The van der Waals surface area contributed by atoms with Crippen LogP contribution in [0.2, 0.25) is 0 Å². The lowest BCUT2D eigenvalue weighted by molar-refractivity contribution is 0.249. The highest BCUT2D eigenvalue weighted by Gasteiger charge is 2.22. The molecule has 0 radical (unpaired) electrons. The van der Waals surface area contributed by atoms with Gasteiger partial charge in [0, 0.05) is 38.3 Å². The van der Waals surface area contributed by atoms with E-state index in [1.165, 1.54) is 12.1 Å². The van der Waals surface area contributed by atoms with Crippen molar-refractivity contribution in [2.24, 2.45) is 0 Å². The van der Waals surface area contributed by atoms with Gasteiger partial charge in [0.2, 0.25) is 5.95 Å². The fourth-order valence-electron chi connectivity index (χ4n) is 4.23. The Morgan fingerprint density at radius 2 is 1.66 bits per heavy atom. The monoisotopic (exact) mass is 475 g/mol. The third-order valence-electron chi connectivity index (χ3n) is 6.08. The number of ether oxygens (including phenoxy) is 2. The molecule has 180 valence electrons. The van der Waals surface area contributed by atoms with Crippen LogP contribution in [0.25, 0.3) is 22.4 Å². The Labute approximate surface area is 202 Å². The number of nitrogens with zero attached hydrogens (tertiary/aromatic N) is 6. The van der Waals surface area contributed by atoms with E-state index >= 15 is 0 Å². The van der Waals surface area contributed by atoms with Gasteiger partial charge in [0.05, 0.1) is 26.1 Å². The molecule has 1 aliphatic rings. The van der Waals surface area contributed by atoms with E-state index in [9.17, 15) is 4.39 Å². The van der Waals surface area contributed by atoms with Crippen LogP contribution < -0.4 is 20.1 Å². The van der Waals surface area contributed by atoms with Crippen molar-refractivity contribution < 1.29 is 13.9 Å². The maximum atomic E-state index is 13.2. The minimum absolute atomic E-state index is 0.161. The molecule has 9 nitrogen and oxygen atoms in total. The molecule has 0 bridgehead atoms. The molecule has 1 aliphatic heterocycles. The second kappa shape index (κ2) is 9.67. The van der Waals surface area contributed by atoms with Crippen LogP contribution in [0.1, 0.15) is 5.56 Å². The largest absolute Gasteiger partial charge is 0.493 e. The van der Waals surface area contributed by atoms with Crippen LogP contribution in [0, 0.1) is 5.82 Å². The van der Waals surface area contributed by atoms with E-state index in [2.05, 4.69) is 24.8 Å². The van der Waals surface area contributed by atoms with Crippen LogP contribution in [-0.2, 0) is 6.54 Å². The molecule has 0 amide bonds. The van der Waals surface area contributed by atoms with Gasteiger partial charge in [-0.2, -0.15) is 9.97 Å². The van der Waals surface area contributed by atoms with Gasteiger partial charge in [-0.25, -0.2) is 14.4 Å². The quantitative estimate of drug-likeness (QED) is 0.450. The van der Waals surface area contributed by atoms with E-state index in [1.807, 2.05) is 30.3 Å². The van der Waals surface area contributed by atoms with E-state index in [-0.39, 0.29) is 11.8 Å². The highest BCUT2D eigenvalue weighted by atomic mass is 19.1. The molecule has 2 N–H and O–H groups in total. The maximum absolute atomic E-state index is 13.2. The van der Waals surface area contributed by atoms with Crippen molar-refractivity contribution in [2.45, 2.75) is 6.54 Å². The number of aromatic nitrogens is 4. The lowest BCUT2D eigenvalue weighted by Crippen LogP contribution is -2.46. The van der Waals surface area contributed by atoms with Crippen molar-refractivity contribution in [3.8, 4) is 22.8 Å². The number of benzene rings is 2. The molecule has 2 aromatic carbocycles. The second-order valence-electron chi connectivity index (χ2n) is 8.29. The predicted molar refractivity (Wildman–Crippen MR) is 132 cm³/mol. The number of hydrogen-bond acceptors (Lipinski definition) is 9. The molecule has 3 heterocycles. The zero-order valence-electron chi connectivity index (χ0n) is 19.6. The van der Waals surface area contributed by atoms with Crippen molar-refractivity contribution in [1.82, 2.24) is 24.8 Å². The Kier molecular flexibility index (Phi) is 6.28. The van der Waals surface area contributed by atoms with Gasteiger partial charge < -0.3 is 20.1 Å². The van der Waals surface area contributed by atoms with Crippen LogP contribution in [0.4, 0.5) is 16.2 Å². The van der Waals surface area contributed by atoms with Crippen LogP contribution in [0.5, 0.6) is 11.5 Å². The Morgan fingerprint density at radius 1 is 0.914 bits per heavy atom. The SMILES string of the molecule is COc1ccc(-c2cnc3nc(N)nc(N4CCN(Cc5ccc(F)cc5)CC4)c3n2)cc1OC. The summed E-state index contributed by atoms with van der Waals surface area (Å²) in [5, 5.41) is 0. The normalized spacial score (nSPS) is 14.3. The molecule has 2 aromatic heterocycles. The van der Waals surface area contributed by atoms with E-state index in [4.69, 9.17) is 20.2 Å². The highest BCUT2D eigenvalue weighted by Crippen LogP contribution is 2.32.